The quantitative estimate of drug-likeness (QED) is 0.813. The van der Waals surface area contributed by atoms with Crippen molar-refractivity contribution in [1.29, 1.82) is 0 Å². The van der Waals surface area contributed by atoms with Crippen molar-refractivity contribution in [3.8, 4) is 11.4 Å². The molecular weight excluding hydrogens is 363 g/mol. The van der Waals surface area contributed by atoms with Crippen molar-refractivity contribution in [2.75, 3.05) is 31.2 Å². The number of ether oxygens (including phenoxy) is 3. The number of hydrogen-bond donors (Lipinski definition) is 0. The molecule has 2 aliphatic heterocycles. The Morgan fingerprint density at radius 1 is 1.07 bits per heavy atom. The van der Waals surface area contributed by atoms with Crippen LogP contribution in [0.25, 0.3) is 5.69 Å². The summed E-state index contributed by atoms with van der Waals surface area (Å²) in [5, 5.41) is 4.62. The van der Waals surface area contributed by atoms with Crippen LogP contribution in [0.3, 0.4) is 0 Å². The highest BCUT2D eigenvalue weighted by atomic mass is 19.4. The van der Waals surface area contributed by atoms with Gasteiger partial charge in [0.25, 0.3) is 0 Å². The van der Waals surface area contributed by atoms with E-state index in [1.807, 2.05) is 13.0 Å². The number of aryl methyl sites for hydroxylation is 1. The Bertz CT molecular complexity index is 788. The normalized spacial score (nSPS) is 19.6. The number of piperidine rings is 1. The molecule has 3 heterocycles. The van der Waals surface area contributed by atoms with Crippen molar-refractivity contribution in [3.63, 3.8) is 0 Å². The van der Waals surface area contributed by atoms with Crippen LogP contribution in [0.1, 0.15) is 18.5 Å². The second-order valence-corrected chi connectivity index (χ2v) is 6.69. The topological polar surface area (TPSA) is 48.8 Å². The Morgan fingerprint density at radius 2 is 1.70 bits per heavy atom. The third-order valence-corrected chi connectivity index (χ3v) is 4.85. The van der Waals surface area contributed by atoms with Gasteiger partial charge < -0.3 is 19.1 Å². The molecule has 0 bridgehead atoms. The van der Waals surface area contributed by atoms with Gasteiger partial charge in [0.1, 0.15) is 5.75 Å². The Morgan fingerprint density at radius 3 is 2.30 bits per heavy atom. The minimum absolute atomic E-state index is 0.255. The molecule has 0 atom stereocenters. The van der Waals surface area contributed by atoms with Crippen LogP contribution in [-0.4, -0.2) is 48.2 Å². The fourth-order valence-electron chi connectivity index (χ4n) is 3.53. The molecule has 0 amide bonds. The smallest absolute Gasteiger partial charge is 0.406 e. The Kier molecular flexibility index (Phi) is 4.51. The molecule has 1 aromatic heterocycles. The van der Waals surface area contributed by atoms with Gasteiger partial charge in [-0.05, 0) is 31.2 Å². The van der Waals surface area contributed by atoms with Crippen molar-refractivity contribution < 1.29 is 27.4 Å². The second kappa shape index (κ2) is 6.72. The Balaban J connectivity index is 1.47. The number of alkyl halides is 3. The molecule has 9 heteroatoms. The fraction of sp³-hybridized carbons (Fsp3) is 0.500. The van der Waals surface area contributed by atoms with Crippen LogP contribution in [0.2, 0.25) is 0 Å². The van der Waals surface area contributed by atoms with Gasteiger partial charge in [-0.1, -0.05) is 0 Å². The maximum absolute atomic E-state index is 12.3. The summed E-state index contributed by atoms with van der Waals surface area (Å²) >= 11 is 0. The molecule has 0 radical (unpaired) electrons. The number of halogens is 3. The fourth-order valence-corrected chi connectivity index (χ4v) is 3.53. The van der Waals surface area contributed by atoms with Gasteiger partial charge in [0.2, 0.25) is 0 Å². The van der Waals surface area contributed by atoms with E-state index in [4.69, 9.17) is 9.47 Å². The molecule has 2 aromatic rings. The van der Waals surface area contributed by atoms with Crippen LogP contribution < -0.4 is 9.64 Å². The van der Waals surface area contributed by atoms with Crippen molar-refractivity contribution >= 4 is 5.82 Å². The van der Waals surface area contributed by atoms with E-state index in [-0.39, 0.29) is 5.75 Å². The first-order valence-corrected chi connectivity index (χ1v) is 8.79. The van der Waals surface area contributed by atoms with Crippen molar-refractivity contribution in [1.82, 2.24) is 9.78 Å². The highest BCUT2D eigenvalue weighted by Gasteiger charge is 2.40. The van der Waals surface area contributed by atoms with Crippen molar-refractivity contribution in [2.45, 2.75) is 31.9 Å². The zero-order chi connectivity index (χ0) is 19.1. The summed E-state index contributed by atoms with van der Waals surface area (Å²) < 4.78 is 54.0. The summed E-state index contributed by atoms with van der Waals surface area (Å²) in [5.41, 5.74) is 1.56. The maximum atomic E-state index is 12.3. The molecule has 0 saturated carbocycles. The van der Waals surface area contributed by atoms with Gasteiger partial charge in [-0.2, -0.15) is 5.10 Å². The highest BCUT2D eigenvalue weighted by Crippen LogP contribution is 2.33. The molecule has 2 saturated heterocycles. The summed E-state index contributed by atoms with van der Waals surface area (Å²) in [6, 6.07) is 7.63. The molecule has 1 spiro atoms. The van der Waals surface area contributed by atoms with Crippen LogP contribution in [0.4, 0.5) is 19.0 Å². The molecule has 0 unspecified atom stereocenters. The Hall–Kier alpha value is -2.26. The summed E-state index contributed by atoms with van der Waals surface area (Å²) in [6.45, 7) is 4.73. The number of hydrogen-bond acceptors (Lipinski definition) is 5. The molecule has 2 aliphatic rings. The number of aromatic nitrogens is 2. The predicted octanol–water partition coefficient (Wildman–Crippen LogP) is 3.42. The van der Waals surface area contributed by atoms with E-state index in [1.54, 1.807) is 16.8 Å². The summed E-state index contributed by atoms with van der Waals surface area (Å²) in [7, 11) is 0. The van der Waals surface area contributed by atoms with Crippen LogP contribution in [-0.2, 0) is 9.47 Å². The first-order valence-electron chi connectivity index (χ1n) is 8.79. The summed E-state index contributed by atoms with van der Waals surface area (Å²) in [6.07, 6.45) is -3.14. The van der Waals surface area contributed by atoms with Crippen LogP contribution in [0, 0.1) is 6.92 Å². The lowest BCUT2D eigenvalue weighted by Gasteiger charge is -2.37. The molecule has 1 aromatic carbocycles. The lowest BCUT2D eigenvalue weighted by molar-refractivity contribution is -0.274. The van der Waals surface area contributed by atoms with Gasteiger partial charge in [0, 0.05) is 37.7 Å². The molecular formula is C18H20F3N3O3. The second-order valence-electron chi connectivity index (χ2n) is 6.69. The minimum Gasteiger partial charge on any atom is -0.406 e. The number of nitrogens with zero attached hydrogens (tertiary/aromatic N) is 3. The predicted molar refractivity (Wildman–Crippen MR) is 91.1 cm³/mol. The van der Waals surface area contributed by atoms with Gasteiger partial charge in [0.15, 0.2) is 11.6 Å². The molecule has 146 valence electrons. The van der Waals surface area contributed by atoms with E-state index in [0.29, 0.717) is 18.9 Å². The van der Waals surface area contributed by atoms with Gasteiger partial charge in [-0.15, -0.1) is 13.2 Å². The van der Waals surface area contributed by atoms with Crippen LogP contribution >= 0.6 is 0 Å². The Labute approximate surface area is 154 Å². The van der Waals surface area contributed by atoms with E-state index in [9.17, 15) is 13.2 Å². The zero-order valence-electron chi connectivity index (χ0n) is 14.8. The van der Waals surface area contributed by atoms with Crippen LogP contribution in [0.15, 0.2) is 30.3 Å². The van der Waals surface area contributed by atoms with E-state index in [0.717, 1.165) is 37.4 Å². The van der Waals surface area contributed by atoms with E-state index < -0.39 is 12.1 Å². The zero-order valence-corrected chi connectivity index (χ0v) is 14.8. The number of anilines is 1. The van der Waals surface area contributed by atoms with E-state index >= 15 is 0 Å². The van der Waals surface area contributed by atoms with Gasteiger partial charge in [-0.3, -0.25) is 0 Å². The van der Waals surface area contributed by atoms with Gasteiger partial charge in [-0.25, -0.2) is 4.68 Å². The third kappa shape index (κ3) is 3.89. The summed E-state index contributed by atoms with van der Waals surface area (Å²) in [4.78, 5) is 2.17. The molecule has 0 aliphatic carbocycles. The highest BCUT2D eigenvalue weighted by molar-refractivity contribution is 5.45. The molecule has 6 nitrogen and oxygen atoms in total. The minimum atomic E-state index is -4.70. The summed E-state index contributed by atoms with van der Waals surface area (Å²) in [5.74, 6) is 0.132. The monoisotopic (exact) mass is 383 g/mol. The van der Waals surface area contributed by atoms with Gasteiger partial charge >= 0.3 is 6.36 Å². The lowest BCUT2D eigenvalue weighted by Crippen LogP contribution is -2.45. The molecule has 4 rings (SSSR count). The largest absolute Gasteiger partial charge is 0.573 e. The first-order chi connectivity index (χ1) is 12.8. The number of benzene rings is 1. The SMILES string of the molecule is Cc1cc(N2CCC3(CC2)OCCO3)nn1-c1ccc(OC(F)(F)F)cc1. The molecule has 27 heavy (non-hydrogen) atoms. The van der Waals surface area contributed by atoms with Crippen LogP contribution in [0.5, 0.6) is 5.75 Å². The van der Waals surface area contributed by atoms with E-state index in [1.165, 1.54) is 12.1 Å². The molecule has 2 fully saturated rings. The average molecular weight is 383 g/mol. The lowest BCUT2D eigenvalue weighted by atomic mass is 10.0. The van der Waals surface area contributed by atoms with Crippen molar-refractivity contribution in [2.24, 2.45) is 0 Å². The molecule has 0 N–H and O–H groups in total. The maximum Gasteiger partial charge on any atom is 0.573 e. The van der Waals surface area contributed by atoms with E-state index in [2.05, 4.69) is 14.7 Å². The first kappa shape index (κ1) is 18.1. The van der Waals surface area contributed by atoms with Crippen molar-refractivity contribution in [3.05, 3.63) is 36.0 Å². The standard InChI is InChI=1S/C18H20F3N3O3/c1-13-12-16(23-8-6-17(7-9-23)25-10-11-26-17)22-24(13)14-2-4-15(5-3-14)27-18(19,20)21/h2-5,12H,6-11H2,1H3. The van der Waals surface area contributed by atoms with Gasteiger partial charge in [0.05, 0.1) is 18.9 Å². The number of rotatable bonds is 3. The third-order valence-electron chi connectivity index (χ3n) is 4.85. The average Bonchev–Trinajstić information content (AvgIpc) is 3.22.